The monoisotopic (exact) mass is 419 g/mol. The van der Waals surface area contributed by atoms with Crippen LogP contribution >= 0.6 is 0 Å². The van der Waals surface area contributed by atoms with Gasteiger partial charge in [-0.25, -0.2) is 0 Å². The van der Waals surface area contributed by atoms with Crippen LogP contribution in [0.2, 0.25) is 0 Å². The Bertz CT molecular complexity index is 642. The van der Waals surface area contributed by atoms with E-state index in [0.29, 0.717) is 0 Å². The topological polar surface area (TPSA) is 48.3 Å². The highest BCUT2D eigenvalue weighted by Crippen LogP contribution is 2.17. The molecular weight excluding hydrogens is 374 g/mol. The fourth-order valence-corrected chi connectivity index (χ4v) is 3.46. The average Bonchev–Trinajstić information content (AvgIpc) is 2.69. The Morgan fingerprint density at radius 2 is 1.30 bits per heavy atom. The Kier molecular flexibility index (Phi) is 13.5. The standard InChI is InChI=1S/C26H45NO3/c1-5-6-7-8-9-10-11-12-13-14-15-16-17-18-20-27-21-19-23(28)24(22-27)30-25(29)26(2,3)4/h19,21-22H,5-18,20H2,1-4H3. The first-order valence-electron chi connectivity index (χ1n) is 12.3. The molecule has 0 unspecified atom stereocenters. The van der Waals surface area contributed by atoms with Crippen LogP contribution < -0.4 is 10.2 Å². The van der Waals surface area contributed by atoms with E-state index in [9.17, 15) is 9.59 Å². The molecule has 4 nitrogen and oxygen atoms in total. The molecular formula is C26H45NO3. The van der Waals surface area contributed by atoms with Gasteiger partial charge in [-0.05, 0) is 27.2 Å². The molecule has 0 radical (unpaired) electrons. The average molecular weight is 420 g/mol. The van der Waals surface area contributed by atoms with Gasteiger partial charge >= 0.3 is 5.97 Å². The highest BCUT2D eigenvalue weighted by molar-refractivity contribution is 5.77. The van der Waals surface area contributed by atoms with Crippen molar-refractivity contribution in [2.75, 3.05) is 0 Å². The number of rotatable bonds is 16. The maximum absolute atomic E-state index is 12.0. The molecule has 0 amide bonds. The summed E-state index contributed by atoms with van der Waals surface area (Å²) in [5, 5.41) is 0. The number of hydrogen-bond donors (Lipinski definition) is 0. The van der Waals surface area contributed by atoms with Gasteiger partial charge in [-0.2, -0.15) is 0 Å². The summed E-state index contributed by atoms with van der Waals surface area (Å²) in [7, 11) is 0. The van der Waals surface area contributed by atoms with E-state index in [2.05, 4.69) is 6.92 Å². The van der Waals surface area contributed by atoms with Gasteiger partial charge in [0, 0.05) is 18.8 Å². The number of nitrogens with zero attached hydrogens (tertiary/aromatic N) is 1. The first kappa shape index (κ1) is 26.5. The minimum Gasteiger partial charge on any atom is -0.420 e. The first-order chi connectivity index (χ1) is 14.3. The highest BCUT2D eigenvalue weighted by atomic mass is 16.5. The van der Waals surface area contributed by atoms with Crippen LogP contribution in [-0.2, 0) is 11.3 Å². The second kappa shape index (κ2) is 15.3. The molecule has 1 aromatic heterocycles. The summed E-state index contributed by atoms with van der Waals surface area (Å²) in [5.41, 5.74) is -0.869. The third-order valence-corrected chi connectivity index (χ3v) is 5.53. The van der Waals surface area contributed by atoms with E-state index in [1.54, 1.807) is 33.2 Å². The molecule has 0 spiro atoms. The molecule has 0 aliphatic rings. The van der Waals surface area contributed by atoms with E-state index in [1.807, 2.05) is 4.57 Å². The lowest BCUT2D eigenvalue weighted by molar-refractivity contribution is -0.143. The molecule has 0 saturated heterocycles. The summed E-state index contributed by atoms with van der Waals surface area (Å²) in [5.74, 6) is -0.253. The lowest BCUT2D eigenvalue weighted by Crippen LogP contribution is -2.27. The van der Waals surface area contributed by atoms with Gasteiger partial charge in [0.1, 0.15) is 0 Å². The Hall–Kier alpha value is -1.58. The van der Waals surface area contributed by atoms with Gasteiger partial charge in [-0.3, -0.25) is 9.59 Å². The Labute approximate surface area is 184 Å². The van der Waals surface area contributed by atoms with Crippen molar-refractivity contribution in [3.05, 3.63) is 28.7 Å². The quantitative estimate of drug-likeness (QED) is 0.209. The van der Waals surface area contributed by atoms with E-state index < -0.39 is 5.41 Å². The molecule has 0 saturated carbocycles. The van der Waals surface area contributed by atoms with Crippen molar-refractivity contribution in [1.82, 2.24) is 4.57 Å². The molecule has 4 heteroatoms. The maximum Gasteiger partial charge on any atom is 0.316 e. The minimum atomic E-state index is -0.623. The minimum absolute atomic E-state index is 0.128. The van der Waals surface area contributed by atoms with E-state index in [4.69, 9.17) is 4.74 Å². The first-order valence-corrected chi connectivity index (χ1v) is 12.3. The Balaban J connectivity index is 2.10. The molecule has 0 bridgehead atoms. The third kappa shape index (κ3) is 12.2. The van der Waals surface area contributed by atoms with Crippen molar-refractivity contribution in [3.8, 4) is 5.75 Å². The van der Waals surface area contributed by atoms with Crippen LogP contribution in [0.3, 0.4) is 0 Å². The van der Waals surface area contributed by atoms with Crippen LogP contribution in [0.5, 0.6) is 5.75 Å². The van der Waals surface area contributed by atoms with Gasteiger partial charge < -0.3 is 9.30 Å². The molecule has 1 heterocycles. The van der Waals surface area contributed by atoms with E-state index >= 15 is 0 Å². The highest BCUT2D eigenvalue weighted by Gasteiger charge is 2.24. The van der Waals surface area contributed by atoms with Crippen LogP contribution in [0, 0.1) is 5.41 Å². The number of aryl methyl sites for hydroxylation is 1. The normalized spacial score (nSPS) is 11.6. The number of carbonyl (C=O) groups is 1. The second-order valence-corrected chi connectivity index (χ2v) is 9.65. The molecule has 0 atom stereocenters. The van der Waals surface area contributed by atoms with Crippen molar-refractivity contribution >= 4 is 5.97 Å². The number of ether oxygens (including phenoxy) is 1. The van der Waals surface area contributed by atoms with Gasteiger partial charge in [0.15, 0.2) is 5.75 Å². The van der Waals surface area contributed by atoms with Gasteiger partial charge in [0.25, 0.3) is 0 Å². The van der Waals surface area contributed by atoms with Gasteiger partial charge in [0.2, 0.25) is 5.43 Å². The summed E-state index contributed by atoms with van der Waals surface area (Å²) < 4.78 is 7.25. The number of pyridine rings is 1. The maximum atomic E-state index is 12.0. The lowest BCUT2D eigenvalue weighted by Gasteiger charge is -2.16. The lowest BCUT2D eigenvalue weighted by atomic mass is 9.97. The van der Waals surface area contributed by atoms with Crippen LogP contribution in [-0.4, -0.2) is 10.5 Å². The molecule has 30 heavy (non-hydrogen) atoms. The molecule has 172 valence electrons. The number of aromatic nitrogens is 1. The summed E-state index contributed by atoms with van der Waals surface area (Å²) in [6.07, 6.45) is 22.2. The second-order valence-electron chi connectivity index (χ2n) is 9.65. The fourth-order valence-electron chi connectivity index (χ4n) is 3.46. The van der Waals surface area contributed by atoms with E-state index in [0.717, 1.165) is 13.0 Å². The van der Waals surface area contributed by atoms with Gasteiger partial charge in [0.05, 0.1) is 11.6 Å². The molecule has 1 rings (SSSR count). The molecule has 0 fully saturated rings. The predicted octanol–water partition coefficient (Wildman–Crippen LogP) is 7.28. The number of esters is 1. The van der Waals surface area contributed by atoms with Crippen molar-refractivity contribution in [3.63, 3.8) is 0 Å². The predicted molar refractivity (Wildman–Crippen MR) is 126 cm³/mol. The fraction of sp³-hybridized carbons (Fsp3) is 0.769. The molecule has 0 N–H and O–H groups in total. The zero-order valence-electron chi connectivity index (χ0n) is 20.0. The Morgan fingerprint density at radius 3 is 1.77 bits per heavy atom. The van der Waals surface area contributed by atoms with Crippen LogP contribution in [0.15, 0.2) is 23.3 Å². The number of hydrogen-bond acceptors (Lipinski definition) is 3. The summed E-state index contributed by atoms with van der Waals surface area (Å²) >= 11 is 0. The van der Waals surface area contributed by atoms with Gasteiger partial charge in [-0.15, -0.1) is 0 Å². The summed E-state index contributed by atoms with van der Waals surface area (Å²) in [4.78, 5) is 24.0. The van der Waals surface area contributed by atoms with Gasteiger partial charge in [-0.1, -0.05) is 90.4 Å². The summed E-state index contributed by atoms with van der Waals surface area (Å²) in [6, 6.07) is 1.48. The molecule has 0 aliphatic heterocycles. The largest absolute Gasteiger partial charge is 0.420 e. The smallest absolute Gasteiger partial charge is 0.316 e. The Morgan fingerprint density at radius 1 is 0.833 bits per heavy atom. The zero-order chi connectivity index (χ0) is 22.2. The van der Waals surface area contributed by atoms with Crippen molar-refractivity contribution in [2.24, 2.45) is 5.41 Å². The summed E-state index contributed by atoms with van der Waals surface area (Å²) in [6.45, 7) is 8.47. The number of unbranched alkanes of at least 4 members (excludes halogenated alkanes) is 13. The van der Waals surface area contributed by atoms with E-state index in [-0.39, 0.29) is 17.1 Å². The van der Waals surface area contributed by atoms with Crippen LogP contribution in [0.4, 0.5) is 0 Å². The van der Waals surface area contributed by atoms with Crippen LogP contribution in [0.25, 0.3) is 0 Å². The van der Waals surface area contributed by atoms with Crippen molar-refractivity contribution < 1.29 is 9.53 Å². The van der Waals surface area contributed by atoms with E-state index in [1.165, 1.54) is 89.5 Å². The van der Waals surface area contributed by atoms with Crippen molar-refractivity contribution in [1.29, 1.82) is 0 Å². The molecule has 1 aromatic rings. The molecule has 0 aliphatic carbocycles. The SMILES string of the molecule is CCCCCCCCCCCCCCCCn1ccc(=O)c(OC(=O)C(C)(C)C)c1. The van der Waals surface area contributed by atoms with Crippen LogP contribution in [0.1, 0.15) is 118 Å². The third-order valence-electron chi connectivity index (χ3n) is 5.53. The van der Waals surface area contributed by atoms with Crippen molar-refractivity contribution in [2.45, 2.75) is 124 Å². The molecule has 0 aromatic carbocycles. The number of carbonyl (C=O) groups excluding carboxylic acids is 1. The zero-order valence-corrected chi connectivity index (χ0v) is 20.0.